The Hall–Kier alpha value is -1.94. The molecule has 0 amide bonds. The Kier molecular flexibility index (Phi) is 3.89. The minimum Gasteiger partial charge on any atom is -0.391 e. The molecule has 2 heterocycles. The van der Waals surface area contributed by atoms with Crippen LogP contribution in [0.3, 0.4) is 0 Å². The molecule has 0 aliphatic rings. The van der Waals surface area contributed by atoms with E-state index in [1.54, 1.807) is 18.5 Å². The maximum absolute atomic E-state index is 7.42. The molecule has 5 heteroatoms. The van der Waals surface area contributed by atoms with E-state index in [9.17, 15) is 0 Å². The first-order valence-corrected chi connectivity index (χ1v) is 5.99. The minimum atomic E-state index is 0.438. The largest absolute Gasteiger partial charge is 0.391 e. The van der Waals surface area contributed by atoms with Gasteiger partial charge in [-0.1, -0.05) is 11.6 Å². The van der Waals surface area contributed by atoms with Crippen molar-refractivity contribution >= 4 is 34.4 Å². The molecule has 0 aliphatic heterocycles. The number of allylic oxidation sites excluding steroid dienone is 1. The molecule has 0 unspecified atom stereocenters. The van der Waals surface area contributed by atoms with Crippen LogP contribution in [-0.2, 0) is 0 Å². The lowest BCUT2D eigenvalue weighted by Gasteiger charge is -2.04. The predicted molar refractivity (Wildman–Crippen MR) is 75.0 cm³/mol. The van der Waals surface area contributed by atoms with Crippen LogP contribution < -0.4 is 5.32 Å². The normalized spacial score (nSPS) is 11.6. The molecule has 2 aromatic heterocycles. The molecule has 2 rings (SSSR count). The highest BCUT2D eigenvalue weighted by Crippen LogP contribution is 2.18. The van der Waals surface area contributed by atoms with Crippen LogP contribution in [0.4, 0.5) is 0 Å². The number of halogens is 1. The van der Waals surface area contributed by atoms with Crippen molar-refractivity contribution < 1.29 is 0 Å². The fourth-order valence-electron chi connectivity index (χ4n) is 1.56. The van der Waals surface area contributed by atoms with Gasteiger partial charge in [0.15, 0.2) is 0 Å². The van der Waals surface area contributed by atoms with Gasteiger partial charge in [0.1, 0.15) is 5.15 Å². The topological polar surface area (TPSA) is 61.7 Å². The fourth-order valence-corrected chi connectivity index (χ4v) is 1.71. The second-order valence-electron chi connectivity index (χ2n) is 3.70. The van der Waals surface area contributed by atoms with Crippen molar-refractivity contribution in [1.29, 1.82) is 5.41 Å². The number of rotatable bonds is 4. The summed E-state index contributed by atoms with van der Waals surface area (Å²) in [7, 11) is 0. The van der Waals surface area contributed by atoms with Crippen LogP contribution in [0.15, 0.2) is 30.6 Å². The highest BCUT2D eigenvalue weighted by molar-refractivity contribution is 6.29. The molecular weight excluding hydrogens is 248 g/mol. The van der Waals surface area contributed by atoms with Gasteiger partial charge in [-0.05, 0) is 25.1 Å². The summed E-state index contributed by atoms with van der Waals surface area (Å²) in [5, 5.41) is 10.9. The maximum Gasteiger partial charge on any atom is 0.129 e. The van der Waals surface area contributed by atoms with Gasteiger partial charge in [0.2, 0.25) is 0 Å². The van der Waals surface area contributed by atoms with Gasteiger partial charge in [0.05, 0.1) is 11.0 Å². The Labute approximate surface area is 110 Å². The van der Waals surface area contributed by atoms with Gasteiger partial charge in [-0.15, -0.1) is 0 Å². The highest BCUT2D eigenvalue weighted by Gasteiger charge is 2.03. The molecule has 0 saturated heterocycles. The summed E-state index contributed by atoms with van der Waals surface area (Å²) in [5.74, 6) is 0. The second-order valence-corrected chi connectivity index (χ2v) is 4.09. The van der Waals surface area contributed by atoms with Crippen LogP contribution in [0.25, 0.3) is 16.6 Å². The molecular formula is C13H13ClN4. The SMILES string of the molecule is CCN/C=C(\C=N)c1cnc2ccc(Cl)nc2c1. The molecule has 2 aromatic rings. The lowest BCUT2D eigenvalue weighted by molar-refractivity contribution is 0.922. The summed E-state index contributed by atoms with van der Waals surface area (Å²) >= 11 is 5.86. The van der Waals surface area contributed by atoms with Gasteiger partial charge in [-0.2, -0.15) is 0 Å². The van der Waals surface area contributed by atoms with Gasteiger partial charge in [-0.25, -0.2) is 4.98 Å². The molecule has 0 aliphatic carbocycles. The average Bonchev–Trinajstić information content (AvgIpc) is 2.39. The fraction of sp³-hybridized carbons (Fsp3) is 0.154. The summed E-state index contributed by atoms with van der Waals surface area (Å²) in [4.78, 5) is 8.52. The van der Waals surface area contributed by atoms with Crippen molar-refractivity contribution in [1.82, 2.24) is 15.3 Å². The highest BCUT2D eigenvalue weighted by atomic mass is 35.5. The lowest BCUT2D eigenvalue weighted by Crippen LogP contribution is -2.04. The quantitative estimate of drug-likeness (QED) is 0.656. The number of nitrogens with one attached hydrogen (secondary N) is 2. The molecule has 0 bridgehead atoms. The summed E-state index contributed by atoms with van der Waals surface area (Å²) in [6.45, 7) is 2.81. The van der Waals surface area contributed by atoms with E-state index in [1.165, 1.54) is 6.21 Å². The molecule has 4 nitrogen and oxygen atoms in total. The number of pyridine rings is 2. The number of hydrogen-bond donors (Lipinski definition) is 2. The Bertz CT molecular complexity index is 607. The zero-order valence-corrected chi connectivity index (χ0v) is 10.7. The molecule has 0 atom stereocenters. The lowest BCUT2D eigenvalue weighted by atomic mass is 10.1. The van der Waals surface area contributed by atoms with Gasteiger partial charge in [0, 0.05) is 36.3 Å². The van der Waals surface area contributed by atoms with Crippen LogP contribution in [-0.4, -0.2) is 22.7 Å². The van der Waals surface area contributed by atoms with Gasteiger partial charge in [-0.3, -0.25) is 4.98 Å². The third kappa shape index (κ3) is 2.65. The standard InChI is InChI=1S/C13H13ClN4/c1-2-16-7-10(6-15)9-5-12-11(17-8-9)3-4-13(14)18-12/h3-8,15-16H,2H2,1H3/b10-7+,15-6?. The van der Waals surface area contributed by atoms with Crippen molar-refractivity contribution in [3.63, 3.8) is 0 Å². The minimum absolute atomic E-state index is 0.438. The molecule has 92 valence electrons. The zero-order chi connectivity index (χ0) is 13.0. The van der Waals surface area contributed by atoms with E-state index in [1.807, 2.05) is 19.1 Å². The molecule has 0 fully saturated rings. The summed E-state index contributed by atoms with van der Waals surface area (Å²) in [6.07, 6.45) is 4.81. The van der Waals surface area contributed by atoms with Crippen LogP contribution in [0.5, 0.6) is 0 Å². The van der Waals surface area contributed by atoms with E-state index in [4.69, 9.17) is 17.0 Å². The van der Waals surface area contributed by atoms with E-state index in [0.29, 0.717) is 5.15 Å². The number of nitrogens with zero attached hydrogens (tertiary/aromatic N) is 2. The smallest absolute Gasteiger partial charge is 0.129 e. The van der Waals surface area contributed by atoms with E-state index in [2.05, 4.69) is 15.3 Å². The third-order valence-corrected chi connectivity index (χ3v) is 2.66. The monoisotopic (exact) mass is 260 g/mol. The van der Waals surface area contributed by atoms with Crippen molar-refractivity contribution in [2.24, 2.45) is 0 Å². The second kappa shape index (κ2) is 5.60. The summed E-state index contributed by atoms with van der Waals surface area (Å²) in [5.41, 5.74) is 3.11. The summed E-state index contributed by atoms with van der Waals surface area (Å²) < 4.78 is 0. The van der Waals surface area contributed by atoms with E-state index in [-0.39, 0.29) is 0 Å². The average molecular weight is 261 g/mol. The van der Waals surface area contributed by atoms with E-state index >= 15 is 0 Å². The maximum atomic E-state index is 7.42. The van der Waals surface area contributed by atoms with Crippen molar-refractivity contribution in [3.05, 3.63) is 41.3 Å². The Morgan fingerprint density at radius 1 is 1.44 bits per heavy atom. The first kappa shape index (κ1) is 12.5. The van der Waals surface area contributed by atoms with E-state index < -0.39 is 0 Å². The number of hydrogen-bond acceptors (Lipinski definition) is 4. The first-order valence-electron chi connectivity index (χ1n) is 5.61. The Balaban J connectivity index is 2.48. The Morgan fingerprint density at radius 3 is 3.00 bits per heavy atom. The number of fused-ring (bicyclic) bond motifs is 1. The molecule has 0 radical (unpaired) electrons. The van der Waals surface area contributed by atoms with Crippen LogP contribution in [0, 0.1) is 5.41 Å². The zero-order valence-electron chi connectivity index (χ0n) is 9.94. The molecule has 2 N–H and O–H groups in total. The van der Waals surface area contributed by atoms with Crippen LogP contribution >= 0.6 is 11.6 Å². The molecule has 0 aromatic carbocycles. The predicted octanol–water partition coefficient (Wildman–Crippen LogP) is 2.88. The van der Waals surface area contributed by atoms with Crippen LogP contribution in [0.2, 0.25) is 5.15 Å². The van der Waals surface area contributed by atoms with Gasteiger partial charge >= 0.3 is 0 Å². The summed E-state index contributed by atoms with van der Waals surface area (Å²) in [6, 6.07) is 5.41. The van der Waals surface area contributed by atoms with E-state index in [0.717, 1.165) is 28.7 Å². The molecule has 18 heavy (non-hydrogen) atoms. The van der Waals surface area contributed by atoms with Crippen molar-refractivity contribution in [2.75, 3.05) is 6.54 Å². The third-order valence-electron chi connectivity index (χ3n) is 2.45. The molecule has 0 spiro atoms. The number of aromatic nitrogens is 2. The Morgan fingerprint density at radius 2 is 2.28 bits per heavy atom. The molecule has 0 saturated carbocycles. The van der Waals surface area contributed by atoms with Crippen molar-refractivity contribution in [2.45, 2.75) is 6.92 Å². The first-order chi connectivity index (χ1) is 8.74. The van der Waals surface area contributed by atoms with Gasteiger partial charge < -0.3 is 10.7 Å². The van der Waals surface area contributed by atoms with Crippen molar-refractivity contribution in [3.8, 4) is 0 Å². The van der Waals surface area contributed by atoms with Gasteiger partial charge in [0.25, 0.3) is 0 Å². The van der Waals surface area contributed by atoms with Crippen LogP contribution in [0.1, 0.15) is 12.5 Å².